The van der Waals surface area contributed by atoms with Crippen LogP contribution in [0.3, 0.4) is 0 Å². The molecule has 0 heterocycles. The zero-order valence-electron chi connectivity index (χ0n) is 7.51. The lowest BCUT2D eigenvalue weighted by atomic mass is 10.1. The molecule has 0 atom stereocenters. The van der Waals surface area contributed by atoms with Gasteiger partial charge in [-0.25, -0.2) is 13.6 Å². The summed E-state index contributed by atoms with van der Waals surface area (Å²) in [5.74, 6) is -2.57. The fourth-order valence-electron chi connectivity index (χ4n) is 1.05. The third kappa shape index (κ3) is 1.72. The third-order valence-corrected chi connectivity index (χ3v) is 1.80. The van der Waals surface area contributed by atoms with Crippen molar-refractivity contribution in [2.75, 3.05) is 7.11 Å². The van der Waals surface area contributed by atoms with Gasteiger partial charge < -0.3 is 10.5 Å². The Morgan fingerprint density at radius 3 is 2.64 bits per heavy atom. The molecule has 1 aromatic rings. The molecule has 0 aromatic heterocycles. The van der Waals surface area contributed by atoms with Crippen molar-refractivity contribution in [1.29, 1.82) is 0 Å². The van der Waals surface area contributed by atoms with Gasteiger partial charge in [0.25, 0.3) is 0 Å². The molecule has 0 aliphatic rings. The number of halogens is 2. The van der Waals surface area contributed by atoms with E-state index in [0.29, 0.717) is 0 Å². The van der Waals surface area contributed by atoms with Gasteiger partial charge in [-0.3, -0.25) is 0 Å². The van der Waals surface area contributed by atoms with Gasteiger partial charge in [-0.15, -0.1) is 0 Å². The second-order valence-corrected chi connectivity index (χ2v) is 2.58. The smallest absolute Gasteiger partial charge is 0.340 e. The first kappa shape index (κ1) is 10.6. The summed E-state index contributed by atoms with van der Waals surface area (Å²) < 4.78 is 30.6. The summed E-state index contributed by atoms with van der Waals surface area (Å²) in [5.41, 5.74) is 4.51. The molecule has 0 fully saturated rings. The van der Waals surface area contributed by atoms with E-state index in [-0.39, 0.29) is 17.7 Å². The molecule has 1 rings (SSSR count). The van der Waals surface area contributed by atoms with Gasteiger partial charge in [0.1, 0.15) is 11.6 Å². The van der Waals surface area contributed by atoms with Crippen LogP contribution in [-0.2, 0) is 11.3 Å². The molecule has 0 saturated carbocycles. The molecule has 76 valence electrons. The van der Waals surface area contributed by atoms with Gasteiger partial charge in [0.05, 0.1) is 12.7 Å². The molecule has 0 bridgehead atoms. The lowest BCUT2D eigenvalue weighted by Crippen LogP contribution is -2.10. The number of hydrogen-bond donors (Lipinski definition) is 1. The normalized spacial score (nSPS) is 10.0. The minimum Gasteiger partial charge on any atom is -0.465 e. The lowest BCUT2D eigenvalue weighted by molar-refractivity contribution is 0.0595. The van der Waals surface area contributed by atoms with E-state index in [1.165, 1.54) is 0 Å². The second kappa shape index (κ2) is 4.15. The predicted octanol–water partition coefficient (Wildman–Crippen LogP) is 1.21. The van der Waals surface area contributed by atoms with Gasteiger partial charge in [-0.05, 0) is 12.1 Å². The monoisotopic (exact) mass is 201 g/mol. The number of esters is 1. The van der Waals surface area contributed by atoms with E-state index < -0.39 is 17.6 Å². The van der Waals surface area contributed by atoms with E-state index >= 15 is 0 Å². The van der Waals surface area contributed by atoms with E-state index in [4.69, 9.17) is 5.73 Å². The Morgan fingerprint density at radius 1 is 1.50 bits per heavy atom. The van der Waals surface area contributed by atoms with Gasteiger partial charge in [0.15, 0.2) is 0 Å². The zero-order valence-corrected chi connectivity index (χ0v) is 7.51. The summed E-state index contributed by atoms with van der Waals surface area (Å²) in [6.07, 6.45) is 0. The molecule has 1 aromatic carbocycles. The SMILES string of the molecule is COC(=O)c1ccc(F)c(CN)c1F. The number of rotatable bonds is 2. The summed E-state index contributed by atoms with van der Waals surface area (Å²) in [5, 5.41) is 0. The van der Waals surface area contributed by atoms with Crippen LogP contribution in [0.5, 0.6) is 0 Å². The Kier molecular flexibility index (Phi) is 3.14. The number of ether oxygens (including phenoxy) is 1. The fraction of sp³-hybridized carbons (Fsp3) is 0.222. The molecule has 3 nitrogen and oxygen atoms in total. The van der Waals surface area contributed by atoms with Crippen LogP contribution in [0.2, 0.25) is 0 Å². The largest absolute Gasteiger partial charge is 0.465 e. The highest BCUT2D eigenvalue weighted by Crippen LogP contribution is 2.16. The lowest BCUT2D eigenvalue weighted by Gasteiger charge is -2.05. The summed E-state index contributed by atoms with van der Waals surface area (Å²) in [6, 6.07) is 2.01. The first-order chi connectivity index (χ1) is 6.61. The van der Waals surface area contributed by atoms with Crippen LogP contribution in [0.15, 0.2) is 12.1 Å². The maximum Gasteiger partial charge on any atom is 0.340 e. The van der Waals surface area contributed by atoms with Crippen LogP contribution >= 0.6 is 0 Å². The topological polar surface area (TPSA) is 52.3 Å². The van der Waals surface area contributed by atoms with E-state index in [2.05, 4.69) is 4.74 Å². The number of carbonyl (C=O) groups excluding carboxylic acids is 1. The molecule has 0 radical (unpaired) electrons. The number of nitrogens with two attached hydrogens (primary N) is 1. The summed E-state index contributed by atoms with van der Waals surface area (Å²) in [7, 11) is 1.12. The molecule has 5 heteroatoms. The highest BCUT2D eigenvalue weighted by Gasteiger charge is 2.17. The number of hydrogen-bond acceptors (Lipinski definition) is 3. The second-order valence-electron chi connectivity index (χ2n) is 2.58. The van der Waals surface area contributed by atoms with Crippen molar-refractivity contribution in [3.63, 3.8) is 0 Å². The van der Waals surface area contributed by atoms with E-state index in [9.17, 15) is 13.6 Å². The van der Waals surface area contributed by atoms with Crippen molar-refractivity contribution < 1.29 is 18.3 Å². The maximum atomic E-state index is 13.4. The maximum absolute atomic E-state index is 13.4. The Labute approximate surface area is 79.5 Å². The van der Waals surface area contributed by atoms with Crippen molar-refractivity contribution in [3.8, 4) is 0 Å². The Balaban J connectivity index is 3.28. The fourth-order valence-corrected chi connectivity index (χ4v) is 1.05. The summed E-state index contributed by atoms with van der Waals surface area (Å²) in [6.45, 7) is -0.303. The van der Waals surface area contributed by atoms with Gasteiger partial charge in [0.2, 0.25) is 0 Å². The van der Waals surface area contributed by atoms with Gasteiger partial charge >= 0.3 is 5.97 Å². The molecule has 0 unspecified atom stereocenters. The molecule has 0 spiro atoms. The predicted molar refractivity (Wildman–Crippen MR) is 45.6 cm³/mol. The van der Waals surface area contributed by atoms with Crippen molar-refractivity contribution in [1.82, 2.24) is 0 Å². The Bertz CT molecular complexity index is 366. The van der Waals surface area contributed by atoms with Crippen LogP contribution in [0.25, 0.3) is 0 Å². The van der Waals surface area contributed by atoms with Crippen LogP contribution in [0.4, 0.5) is 8.78 Å². The molecule has 0 aliphatic heterocycles. The molecule has 0 amide bonds. The first-order valence-corrected chi connectivity index (χ1v) is 3.87. The number of benzene rings is 1. The van der Waals surface area contributed by atoms with Gasteiger partial charge in [-0.2, -0.15) is 0 Å². The van der Waals surface area contributed by atoms with Crippen LogP contribution in [0.1, 0.15) is 15.9 Å². The minimum absolute atomic E-state index is 0.303. The standard InChI is InChI=1S/C9H9F2NO2/c1-14-9(13)5-2-3-7(10)6(4-12)8(5)11/h2-3H,4,12H2,1H3. The highest BCUT2D eigenvalue weighted by atomic mass is 19.1. The Morgan fingerprint density at radius 2 is 2.14 bits per heavy atom. The molecular formula is C9H9F2NO2. The van der Waals surface area contributed by atoms with Crippen molar-refractivity contribution in [3.05, 3.63) is 34.9 Å². The number of methoxy groups -OCH3 is 1. The first-order valence-electron chi connectivity index (χ1n) is 3.87. The van der Waals surface area contributed by atoms with Crippen molar-refractivity contribution >= 4 is 5.97 Å². The average Bonchev–Trinajstić information content (AvgIpc) is 2.18. The Hall–Kier alpha value is -1.49. The number of carbonyl (C=O) groups is 1. The van der Waals surface area contributed by atoms with Crippen molar-refractivity contribution in [2.45, 2.75) is 6.54 Å². The minimum atomic E-state index is -0.959. The van der Waals surface area contributed by atoms with Gasteiger partial charge in [-0.1, -0.05) is 0 Å². The van der Waals surface area contributed by atoms with Crippen LogP contribution in [-0.4, -0.2) is 13.1 Å². The van der Waals surface area contributed by atoms with E-state index in [1.54, 1.807) is 0 Å². The highest BCUT2D eigenvalue weighted by molar-refractivity contribution is 5.89. The molecule has 0 saturated heterocycles. The van der Waals surface area contributed by atoms with Crippen LogP contribution in [0, 0.1) is 11.6 Å². The summed E-state index contributed by atoms with van der Waals surface area (Å²) >= 11 is 0. The molecule has 0 aliphatic carbocycles. The average molecular weight is 201 g/mol. The molecular weight excluding hydrogens is 192 g/mol. The zero-order chi connectivity index (χ0) is 10.7. The van der Waals surface area contributed by atoms with E-state index in [0.717, 1.165) is 19.2 Å². The molecule has 2 N–H and O–H groups in total. The van der Waals surface area contributed by atoms with E-state index in [1.807, 2.05) is 0 Å². The third-order valence-electron chi connectivity index (χ3n) is 1.80. The molecule has 14 heavy (non-hydrogen) atoms. The van der Waals surface area contributed by atoms with Gasteiger partial charge in [0, 0.05) is 12.1 Å². The van der Waals surface area contributed by atoms with Crippen molar-refractivity contribution in [2.24, 2.45) is 5.73 Å². The van der Waals surface area contributed by atoms with Crippen LogP contribution < -0.4 is 5.73 Å². The summed E-state index contributed by atoms with van der Waals surface area (Å²) in [4.78, 5) is 11.0. The quantitative estimate of drug-likeness (QED) is 0.731.